The number of hydrogen-bond acceptors (Lipinski definition) is 2. The van der Waals surface area contributed by atoms with E-state index in [1.807, 2.05) is 20.8 Å². The molecule has 3 heteroatoms. The minimum atomic E-state index is -0.507. The van der Waals surface area contributed by atoms with Crippen LogP contribution in [-0.2, 0) is 24.0 Å². The molecule has 0 radical (unpaired) electrons. The van der Waals surface area contributed by atoms with Gasteiger partial charge in [-0.2, -0.15) is 0 Å². The monoisotopic (exact) mass is 413 g/mol. The van der Waals surface area contributed by atoms with Crippen LogP contribution in [0.3, 0.4) is 0 Å². The maximum absolute atomic E-state index is 12.5. The number of alkyl carbamates (subject to hydrolysis) is 1. The molecule has 2 unspecified atom stereocenters. The lowest BCUT2D eigenvalue weighted by atomic mass is 9.87. The molecule has 0 saturated carbocycles. The summed E-state index contributed by atoms with van der Waals surface area (Å²) in [6, 6.07) is 27.8. The molecule has 1 aliphatic carbocycles. The van der Waals surface area contributed by atoms with E-state index in [2.05, 4.69) is 84.2 Å². The van der Waals surface area contributed by atoms with Crippen molar-refractivity contribution >= 4 is 6.09 Å². The number of hydrogen-bond donors (Lipinski definition) is 1. The summed E-state index contributed by atoms with van der Waals surface area (Å²) in [5, 5.41) is 3.16. The van der Waals surface area contributed by atoms with Crippen molar-refractivity contribution in [1.82, 2.24) is 5.32 Å². The van der Waals surface area contributed by atoms with Crippen LogP contribution in [0.15, 0.2) is 78.9 Å². The van der Waals surface area contributed by atoms with Gasteiger partial charge in [-0.1, -0.05) is 78.9 Å². The highest BCUT2D eigenvalue weighted by molar-refractivity contribution is 5.68. The third kappa shape index (κ3) is 5.35. The van der Waals surface area contributed by atoms with Crippen molar-refractivity contribution in [2.45, 2.75) is 57.6 Å². The largest absolute Gasteiger partial charge is 0.444 e. The van der Waals surface area contributed by atoms with Crippen LogP contribution in [0.25, 0.3) is 0 Å². The van der Waals surface area contributed by atoms with Crippen LogP contribution in [0.5, 0.6) is 0 Å². The first-order valence-corrected chi connectivity index (χ1v) is 11.1. The molecule has 1 aliphatic rings. The minimum absolute atomic E-state index is 0.0250. The average Bonchev–Trinajstić information content (AvgIpc) is 3.06. The van der Waals surface area contributed by atoms with Gasteiger partial charge in [0, 0.05) is 12.0 Å². The van der Waals surface area contributed by atoms with Gasteiger partial charge in [0.25, 0.3) is 0 Å². The molecule has 0 fully saturated rings. The Bertz CT molecular complexity index is 1040. The van der Waals surface area contributed by atoms with E-state index in [0.717, 1.165) is 19.3 Å². The lowest BCUT2D eigenvalue weighted by Gasteiger charge is -2.26. The maximum atomic E-state index is 12.5. The SMILES string of the molecule is CC(C)(C)OC(=O)NC1Cc2ccccc2C1Cc1ccccc1Cc1ccccc1. The minimum Gasteiger partial charge on any atom is -0.444 e. The van der Waals surface area contributed by atoms with Gasteiger partial charge in [0.05, 0.1) is 0 Å². The van der Waals surface area contributed by atoms with Crippen LogP contribution in [0.4, 0.5) is 4.79 Å². The topological polar surface area (TPSA) is 38.3 Å². The summed E-state index contributed by atoms with van der Waals surface area (Å²) >= 11 is 0. The second kappa shape index (κ2) is 8.97. The molecule has 3 nitrogen and oxygen atoms in total. The molecule has 160 valence electrons. The maximum Gasteiger partial charge on any atom is 0.407 e. The van der Waals surface area contributed by atoms with Gasteiger partial charge in [-0.15, -0.1) is 0 Å². The van der Waals surface area contributed by atoms with Crippen LogP contribution in [-0.4, -0.2) is 17.7 Å². The van der Waals surface area contributed by atoms with Crippen LogP contribution in [0, 0.1) is 0 Å². The molecule has 0 bridgehead atoms. The highest BCUT2D eigenvalue weighted by Crippen LogP contribution is 2.37. The van der Waals surface area contributed by atoms with E-state index in [9.17, 15) is 4.79 Å². The van der Waals surface area contributed by atoms with E-state index < -0.39 is 5.60 Å². The Morgan fingerprint density at radius 2 is 1.55 bits per heavy atom. The van der Waals surface area contributed by atoms with Crippen molar-refractivity contribution in [2.75, 3.05) is 0 Å². The first kappa shape index (κ1) is 21.2. The fourth-order valence-corrected chi connectivity index (χ4v) is 4.52. The summed E-state index contributed by atoms with van der Waals surface area (Å²) in [5.74, 6) is 0.223. The zero-order valence-electron chi connectivity index (χ0n) is 18.6. The van der Waals surface area contributed by atoms with Crippen molar-refractivity contribution in [1.29, 1.82) is 0 Å². The summed E-state index contributed by atoms with van der Waals surface area (Å²) in [6.07, 6.45) is 2.30. The average molecular weight is 414 g/mol. The predicted molar refractivity (Wildman–Crippen MR) is 125 cm³/mol. The number of benzene rings is 3. The van der Waals surface area contributed by atoms with Crippen molar-refractivity contribution < 1.29 is 9.53 Å². The van der Waals surface area contributed by atoms with Gasteiger partial charge in [-0.25, -0.2) is 4.79 Å². The first-order valence-electron chi connectivity index (χ1n) is 11.1. The number of ether oxygens (including phenoxy) is 1. The second-order valence-electron chi connectivity index (χ2n) is 9.40. The molecule has 31 heavy (non-hydrogen) atoms. The lowest BCUT2D eigenvalue weighted by Crippen LogP contribution is -2.41. The normalized spacial score (nSPS) is 17.8. The van der Waals surface area contributed by atoms with E-state index in [1.165, 1.54) is 27.8 Å². The summed E-state index contributed by atoms with van der Waals surface area (Å²) in [4.78, 5) is 12.5. The molecule has 3 aromatic carbocycles. The van der Waals surface area contributed by atoms with E-state index in [0.29, 0.717) is 0 Å². The van der Waals surface area contributed by atoms with Crippen LogP contribution in [0.2, 0.25) is 0 Å². The van der Waals surface area contributed by atoms with Gasteiger partial charge in [0.15, 0.2) is 0 Å². The number of nitrogens with one attached hydrogen (secondary N) is 1. The first-order chi connectivity index (χ1) is 14.9. The number of carbonyl (C=O) groups excluding carboxylic acids is 1. The van der Waals surface area contributed by atoms with Crippen LogP contribution >= 0.6 is 0 Å². The summed E-state index contributed by atoms with van der Waals surface area (Å²) < 4.78 is 5.55. The molecule has 0 spiro atoms. The Labute approximate surface area is 185 Å². The van der Waals surface area contributed by atoms with Crippen molar-refractivity contribution in [3.8, 4) is 0 Å². The highest BCUT2D eigenvalue weighted by atomic mass is 16.6. The number of amides is 1. The molecule has 0 heterocycles. The van der Waals surface area contributed by atoms with Gasteiger partial charge >= 0.3 is 6.09 Å². The van der Waals surface area contributed by atoms with E-state index in [-0.39, 0.29) is 18.1 Å². The summed E-state index contributed by atoms with van der Waals surface area (Å²) in [7, 11) is 0. The molecular formula is C28H31NO2. The fraction of sp³-hybridized carbons (Fsp3) is 0.321. The Morgan fingerprint density at radius 1 is 0.903 bits per heavy atom. The van der Waals surface area contributed by atoms with Gasteiger partial charge in [-0.3, -0.25) is 0 Å². The van der Waals surface area contributed by atoms with Crippen LogP contribution < -0.4 is 5.32 Å². The van der Waals surface area contributed by atoms with Crippen LogP contribution in [0.1, 0.15) is 54.5 Å². The molecule has 2 atom stereocenters. The summed E-state index contributed by atoms with van der Waals surface area (Å²) in [6.45, 7) is 5.69. The Balaban J connectivity index is 1.58. The zero-order chi connectivity index (χ0) is 21.8. The number of carbonyl (C=O) groups is 1. The number of rotatable bonds is 5. The third-order valence-electron chi connectivity index (χ3n) is 5.88. The quantitative estimate of drug-likeness (QED) is 0.553. The molecule has 0 aromatic heterocycles. The predicted octanol–water partition coefficient (Wildman–Crippen LogP) is 6.05. The Hall–Kier alpha value is -3.07. The van der Waals surface area contributed by atoms with E-state index in [4.69, 9.17) is 4.74 Å². The molecule has 3 aromatic rings. The zero-order valence-corrected chi connectivity index (χ0v) is 18.6. The fourth-order valence-electron chi connectivity index (χ4n) is 4.52. The van der Waals surface area contributed by atoms with Gasteiger partial charge < -0.3 is 10.1 Å². The lowest BCUT2D eigenvalue weighted by molar-refractivity contribution is 0.0499. The van der Waals surface area contributed by atoms with Gasteiger partial charge in [0.2, 0.25) is 0 Å². The molecular weight excluding hydrogens is 382 g/mol. The molecule has 1 N–H and O–H groups in total. The standard InChI is InChI=1S/C28H31NO2/c1-28(2,3)31-27(30)29-26-19-23-15-9-10-16-24(23)25(26)18-22-14-8-7-13-21(22)17-20-11-5-4-6-12-20/h4-16,25-26H,17-19H2,1-3H3,(H,29,30). The van der Waals surface area contributed by atoms with Crippen molar-refractivity contribution in [3.05, 3.63) is 107 Å². The summed E-state index contributed by atoms with van der Waals surface area (Å²) in [5.41, 5.74) is 6.13. The second-order valence-corrected chi connectivity index (χ2v) is 9.40. The molecule has 4 rings (SSSR count). The smallest absolute Gasteiger partial charge is 0.407 e. The molecule has 1 amide bonds. The highest BCUT2D eigenvalue weighted by Gasteiger charge is 2.34. The van der Waals surface area contributed by atoms with E-state index >= 15 is 0 Å². The Kier molecular flexibility index (Phi) is 6.13. The van der Waals surface area contributed by atoms with Gasteiger partial charge in [-0.05, 0) is 67.9 Å². The Morgan fingerprint density at radius 3 is 2.29 bits per heavy atom. The van der Waals surface area contributed by atoms with Gasteiger partial charge in [0.1, 0.15) is 5.60 Å². The van der Waals surface area contributed by atoms with Crippen molar-refractivity contribution in [2.24, 2.45) is 0 Å². The van der Waals surface area contributed by atoms with E-state index in [1.54, 1.807) is 0 Å². The third-order valence-corrected chi connectivity index (χ3v) is 5.88. The molecule has 0 saturated heterocycles. The molecule has 0 aliphatic heterocycles. The number of fused-ring (bicyclic) bond motifs is 1. The van der Waals surface area contributed by atoms with Crippen molar-refractivity contribution in [3.63, 3.8) is 0 Å².